The van der Waals surface area contributed by atoms with Crippen LogP contribution in [0.4, 0.5) is 0 Å². The van der Waals surface area contributed by atoms with Gasteiger partial charge in [0.25, 0.3) is 0 Å². The molecule has 9 nitrogen and oxygen atoms in total. The lowest BCUT2D eigenvalue weighted by Gasteiger charge is -2.15. The number of carbonyl (C=O) groups is 2. The Hall–Kier alpha value is -2.81. The van der Waals surface area contributed by atoms with Crippen LogP contribution in [0.3, 0.4) is 0 Å². The van der Waals surface area contributed by atoms with Gasteiger partial charge < -0.3 is 20.1 Å². The van der Waals surface area contributed by atoms with Crippen molar-refractivity contribution < 1.29 is 37.9 Å². The average Bonchev–Trinajstić information content (AvgIpc) is 3.22. The number of allylic oxidation sites excluding steroid dienone is 14. The summed E-state index contributed by atoms with van der Waals surface area (Å²) in [7, 11) is -4.43. The zero-order valence-corrected chi connectivity index (χ0v) is 38.1. The molecule has 0 saturated heterocycles. The maximum Gasteiger partial charge on any atom is 0.472 e. The van der Waals surface area contributed by atoms with Crippen molar-refractivity contribution in [1.82, 2.24) is 5.32 Å². The van der Waals surface area contributed by atoms with Crippen molar-refractivity contribution in [2.24, 2.45) is 0 Å². The topological polar surface area (TPSA) is 131 Å². The predicted octanol–water partition coefficient (Wildman–Crippen LogP) is 13.2. The predicted molar refractivity (Wildman–Crippen MR) is 247 cm³/mol. The van der Waals surface area contributed by atoms with E-state index < -0.39 is 26.5 Å². The summed E-state index contributed by atoms with van der Waals surface area (Å²) in [6, 6.07) is 0. The van der Waals surface area contributed by atoms with Crippen molar-refractivity contribution >= 4 is 19.7 Å². The summed E-state index contributed by atoms with van der Waals surface area (Å²) in [6.45, 7) is 3.37. The van der Waals surface area contributed by atoms with Crippen molar-refractivity contribution in [2.75, 3.05) is 26.4 Å². The van der Waals surface area contributed by atoms with E-state index in [9.17, 15) is 24.2 Å². The van der Waals surface area contributed by atoms with Crippen LogP contribution in [0.15, 0.2) is 85.1 Å². The molecule has 0 aliphatic rings. The summed E-state index contributed by atoms with van der Waals surface area (Å²) >= 11 is 0. The molecule has 1 amide bonds. The van der Waals surface area contributed by atoms with E-state index in [1.54, 1.807) is 0 Å². The molecular weight excluding hydrogens is 762 g/mol. The number of phosphoric ester groups is 1. The number of esters is 1. The lowest BCUT2D eigenvalue weighted by molar-refractivity contribution is -0.147. The van der Waals surface area contributed by atoms with Crippen molar-refractivity contribution in [2.45, 2.75) is 187 Å². The number of aliphatic hydroxyl groups is 1. The van der Waals surface area contributed by atoms with Crippen molar-refractivity contribution in [3.63, 3.8) is 0 Å². The minimum Gasteiger partial charge on any atom is -0.463 e. The Morgan fingerprint density at radius 3 is 1.46 bits per heavy atom. The summed E-state index contributed by atoms with van der Waals surface area (Å²) in [5.41, 5.74) is 0. The number of aliphatic hydroxyl groups excluding tert-OH is 1. The number of phosphoric acid groups is 1. The van der Waals surface area contributed by atoms with Gasteiger partial charge in [-0.25, -0.2) is 4.57 Å². The summed E-state index contributed by atoms with van der Waals surface area (Å²) in [6.07, 6.45) is 56.5. The third kappa shape index (κ3) is 46.1. The Morgan fingerprint density at radius 2 is 0.966 bits per heavy atom. The monoisotopic (exact) mass is 846 g/mol. The van der Waals surface area contributed by atoms with Crippen LogP contribution in [0.1, 0.15) is 181 Å². The quantitative estimate of drug-likeness (QED) is 0.0240. The number of rotatable bonds is 42. The van der Waals surface area contributed by atoms with Crippen LogP contribution in [-0.4, -0.2) is 54.3 Å². The molecule has 0 fully saturated rings. The minimum atomic E-state index is -4.43. The third-order valence-corrected chi connectivity index (χ3v) is 10.3. The molecule has 2 atom stereocenters. The zero-order valence-electron chi connectivity index (χ0n) is 37.2. The first kappa shape index (κ1) is 56.2. The highest BCUT2D eigenvalue weighted by atomic mass is 31.2. The van der Waals surface area contributed by atoms with Gasteiger partial charge in [0.05, 0.1) is 13.2 Å². The molecule has 0 saturated carbocycles. The molecule has 59 heavy (non-hydrogen) atoms. The molecule has 0 aromatic heterocycles. The second-order valence-corrected chi connectivity index (χ2v) is 16.4. The van der Waals surface area contributed by atoms with E-state index in [1.807, 2.05) is 0 Å². The normalized spacial score (nSPS) is 14.0. The maximum atomic E-state index is 12.1. The molecule has 0 rings (SSSR count). The molecule has 2 unspecified atom stereocenters. The fraction of sp³-hybridized carbons (Fsp3) is 0.673. The van der Waals surface area contributed by atoms with Gasteiger partial charge in [0.15, 0.2) is 0 Å². The van der Waals surface area contributed by atoms with Crippen LogP contribution in [0.2, 0.25) is 0 Å². The highest BCUT2D eigenvalue weighted by molar-refractivity contribution is 7.47. The van der Waals surface area contributed by atoms with Crippen molar-refractivity contribution in [3.05, 3.63) is 85.1 Å². The Labute approximate surface area is 360 Å². The highest BCUT2D eigenvalue weighted by Crippen LogP contribution is 2.42. The van der Waals surface area contributed by atoms with E-state index >= 15 is 0 Å². The molecular formula is C49H84NO8P. The fourth-order valence-electron chi connectivity index (χ4n) is 5.85. The van der Waals surface area contributed by atoms with Gasteiger partial charge in [0, 0.05) is 19.4 Å². The molecule has 3 N–H and O–H groups in total. The standard InChI is InChI=1S/C49H84NO8P/c1-3-5-7-9-11-13-15-17-19-20-21-22-23-24-25-26-28-30-32-34-36-38-40-42-49(53)56-45-47(51)46-58-59(54,55)57-44-43-50-48(52)41-39-37-35-33-31-29-27-18-16-14-12-10-8-6-4-2/h5,7,11-14,17-19,21-22,24-25,27,47,51H,3-4,6,8-10,15-16,20,23,26,28-46H2,1-2H3,(H,50,52)(H,54,55)/b7-5-,13-11-,14-12-,19-17-,22-21-,25-24-,27-18-. The molecule has 0 heterocycles. The Morgan fingerprint density at radius 1 is 0.542 bits per heavy atom. The smallest absolute Gasteiger partial charge is 0.463 e. The van der Waals surface area contributed by atoms with E-state index in [0.717, 1.165) is 109 Å². The van der Waals surface area contributed by atoms with E-state index in [4.69, 9.17) is 13.8 Å². The Bertz CT molecular complexity index is 1240. The van der Waals surface area contributed by atoms with E-state index in [2.05, 4.69) is 104 Å². The van der Waals surface area contributed by atoms with Gasteiger partial charge in [-0.2, -0.15) is 0 Å². The molecule has 0 spiro atoms. The van der Waals surface area contributed by atoms with Crippen LogP contribution in [-0.2, 0) is 27.9 Å². The first-order valence-corrected chi connectivity index (χ1v) is 24.6. The summed E-state index contributed by atoms with van der Waals surface area (Å²) in [5.74, 6) is -0.547. The van der Waals surface area contributed by atoms with E-state index in [1.165, 1.54) is 44.9 Å². The first-order chi connectivity index (χ1) is 28.8. The van der Waals surface area contributed by atoms with Crippen LogP contribution in [0, 0.1) is 0 Å². The Kier molecular flexibility index (Phi) is 42.6. The van der Waals surface area contributed by atoms with Crippen molar-refractivity contribution in [1.29, 1.82) is 0 Å². The zero-order chi connectivity index (χ0) is 43.2. The second kappa shape index (κ2) is 44.7. The summed E-state index contributed by atoms with van der Waals surface area (Å²) in [5, 5.41) is 12.7. The SMILES string of the molecule is CC/C=C\C/C=C\C/C=C\C/C=C\C/C=C\CCCCCCCCCC(=O)OCC(O)COP(=O)(O)OCCNC(=O)CCCCCCC/C=C\C/C=C\CCCCC. The molecule has 0 bridgehead atoms. The molecule has 0 radical (unpaired) electrons. The van der Waals surface area contributed by atoms with E-state index in [0.29, 0.717) is 6.42 Å². The Balaban J connectivity index is 3.65. The summed E-state index contributed by atoms with van der Waals surface area (Å²) < 4.78 is 26.9. The lowest BCUT2D eigenvalue weighted by atomic mass is 10.1. The number of hydrogen-bond acceptors (Lipinski definition) is 7. The van der Waals surface area contributed by atoms with Crippen LogP contribution in [0.25, 0.3) is 0 Å². The number of amides is 1. The molecule has 338 valence electrons. The third-order valence-electron chi connectivity index (χ3n) is 9.31. The van der Waals surface area contributed by atoms with Gasteiger partial charge in [-0.05, 0) is 89.9 Å². The van der Waals surface area contributed by atoms with Crippen LogP contribution >= 0.6 is 7.82 Å². The van der Waals surface area contributed by atoms with Crippen molar-refractivity contribution in [3.8, 4) is 0 Å². The van der Waals surface area contributed by atoms with E-state index in [-0.39, 0.29) is 32.1 Å². The minimum absolute atomic E-state index is 0.0684. The van der Waals surface area contributed by atoms with Gasteiger partial charge >= 0.3 is 13.8 Å². The van der Waals surface area contributed by atoms with Gasteiger partial charge in [-0.15, -0.1) is 0 Å². The summed E-state index contributed by atoms with van der Waals surface area (Å²) in [4.78, 5) is 34.0. The number of hydrogen-bond donors (Lipinski definition) is 3. The average molecular weight is 846 g/mol. The fourth-order valence-corrected chi connectivity index (χ4v) is 6.60. The molecule has 10 heteroatoms. The molecule has 0 aliphatic heterocycles. The van der Waals surface area contributed by atoms with Gasteiger partial charge in [-0.1, -0.05) is 163 Å². The van der Waals surface area contributed by atoms with Crippen LogP contribution < -0.4 is 5.32 Å². The second-order valence-electron chi connectivity index (χ2n) is 15.0. The van der Waals surface area contributed by atoms with Crippen LogP contribution in [0.5, 0.6) is 0 Å². The number of carbonyl (C=O) groups excluding carboxylic acids is 2. The maximum absolute atomic E-state index is 12.1. The molecule has 0 aliphatic carbocycles. The van der Waals surface area contributed by atoms with Gasteiger partial charge in [0.2, 0.25) is 5.91 Å². The van der Waals surface area contributed by atoms with Gasteiger partial charge in [0.1, 0.15) is 12.7 Å². The largest absolute Gasteiger partial charge is 0.472 e. The highest BCUT2D eigenvalue weighted by Gasteiger charge is 2.23. The molecule has 0 aromatic carbocycles. The number of unbranched alkanes of at least 4 members (excludes halogenated alkanes) is 15. The number of ether oxygens (including phenoxy) is 1. The first-order valence-electron chi connectivity index (χ1n) is 23.1. The molecule has 0 aromatic rings. The lowest BCUT2D eigenvalue weighted by Crippen LogP contribution is -2.27. The van der Waals surface area contributed by atoms with Gasteiger partial charge in [-0.3, -0.25) is 18.6 Å². The number of nitrogens with one attached hydrogen (secondary N) is 1.